The van der Waals surface area contributed by atoms with Gasteiger partial charge in [0.05, 0.1) is 27.2 Å². The van der Waals surface area contributed by atoms with Crippen LogP contribution in [0.3, 0.4) is 0 Å². The lowest BCUT2D eigenvalue weighted by atomic mass is 10.2. The summed E-state index contributed by atoms with van der Waals surface area (Å²) < 4.78 is 25.0. The Bertz CT molecular complexity index is 869. The van der Waals surface area contributed by atoms with Gasteiger partial charge in [-0.15, -0.1) is 0 Å². The number of amides is 1. The average molecular weight is 387 g/mol. The molecule has 0 aliphatic heterocycles. The molecule has 2 rings (SSSR count). The number of halogens is 2. The van der Waals surface area contributed by atoms with Gasteiger partial charge in [-0.2, -0.15) is 0 Å². The van der Waals surface area contributed by atoms with Crippen LogP contribution in [0, 0.1) is 0 Å². The van der Waals surface area contributed by atoms with E-state index in [4.69, 9.17) is 23.2 Å². The number of carbonyl (C=O) groups is 1. The Morgan fingerprint density at radius 3 is 2.50 bits per heavy atom. The van der Waals surface area contributed by atoms with Gasteiger partial charge < -0.3 is 5.32 Å². The molecular weight excluding hydrogens is 371 g/mol. The quantitative estimate of drug-likeness (QED) is 0.842. The molecule has 8 heteroatoms. The Morgan fingerprint density at radius 1 is 1.17 bits per heavy atom. The van der Waals surface area contributed by atoms with Crippen molar-refractivity contribution in [3.63, 3.8) is 0 Å². The van der Waals surface area contributed by atoms with E-state index in [9.17, 15) is 13.2 Å². The third-order valence-electron chi connectivity index (χ3n) is 3.45. The molecule has 0 saturated carbocycles. The molecule has 1 amide bonds. The van der Waals surface area contributed by atoms with Crippen molar-refractivity contribution in [1.29, 1.82) is 0 Å². The zero-order valence-corrected chi connectivity index (χ0v) is 15.4. The van der Waals surface area contributed by atoms with Crippen LogP contribution in [0.15, 0.2) is 42.5 Å². The van der Waals surface area contributed by atoms with Gasteiger partial charge in [0.15, 0.2) is 0 Å². The Labute approximate surface area is 151 Å². The second-order valence-electron chi connectivity index (χ2n) is 4.97. The van der Waals surface area contributed by atoms with Gasteiger partial charge in [0, 0.05) is 12.6 Å². The van der Waals surface area contributed by atoms with Crippen LogP contribution in [0.25, 0.3) is 0 Å². The summed E-state index contributed by atoms with van der Waals surface area (Å²) in [7, 11) is -1.95. The molecule has 24 heavy (non-hydrogen) atoms. The highest BCUT2D eigenvalue weighted by molar-refractivity contribution is 7.92. The fourth-order valence-electron chi connectivity index (χ4n) is 1.99. The van der Waals surface area contributed by atoms with Crippen LogP contribution in [-0.2, 0) is 10.0 Å². The molecule has 0 aromatic heterocycles. The zero-order chi connectivity index (χ0) is 17.9. The average Bonchev–Trinajstić information content (AvgIpc) is 2.58. The van der Waals surface area contributed by atoms with Crippen LogP contribution in [0.2, 0.25) is 10.0 Å². The largest absolute Gasteiger partial charge is 0.321 e. The molecule has 0 spiro atoms. The number of carbonyl (C=O) groups excluding carboxylic acids is 1. The molecule has 0 bridgehead atoms. The Balaban J connectivity index is 2.28. The predicted molar refractivity (Wildman–Crippen MR) is 98.7 cm³/mol. The second-order valence-corrected chi connectivity index (χ2v) is 8.05. The fraction of sp³-hybridized carbons (Fsp3) is 0.188. The maximum atomic E-state index is 12.4. The summed E-state index contributed by atoms with van der Waals surface area (Å²) in [5, 5.41) is 3.24. The smallest absolute Gasteiger partial charge is 0.255 e. The van der Waals surface area contributed by atoms with E-state index in [-0.39, 0.29) is 10.8 Å². The van der Waals surface area contributed by atoms with Crippen molar-refractivity contribution >= 4 is 50.5 Å². The van der Waals surface area contributed by atoms with Crippen molar-refractivity contribution in [3.05, 3.63) is 58.1 Å². The van der Waals surface area contributed by atoms with Gasteiger partial charge in [-0.05, 0) is 37.3 Å². The number of nitrogens with one attached hydrogen (secondary N) is 1. The lowest BCUT2D eigenvalue weighted by Gasteiger charge is -2.19. The number of sulfonamides is 1. The molecule has 2 aromatic rings. The minimum absolute atomic E-state index is 0.0297. The maximum Gasteiger partial charge on any atom is 0.255 e. The summed E-state index contributed by atoms with van der Waals surface area (Å²) in [6.45, 7) is 1.56. The molecule has 1 N–H and O–H groups in total. The zero-order valence-electron chi connectivity index (χ0n) is 13.1. The van der Waals surface area contributed by atoms with E-state index in [0.717, 1.165) is 4.31 Å². The Morgan fingerprint density at radius 2 is 1.83 bits per heavy atom. The van der Waals surface area contributed by atoms with Crippen molar-refractivity contribution in [2.75, 3.05) is 22.4 Å². The molecule has 128 valence electrons. The molecule has 0 aliphatic rings. The van der Waals surface area contributed by atoms with E-state index >= 15 is 0 Å². The van der Waals surface area contributed by atoms with Crippen molar-refractivity contribution in [2.45, 2.75) is 6.92 Å². The van der Waals surface area contributed by atoms with Crippen LogP contribution >= 0.6 is 23.2 Å². The number of nitrogens with zero attached hydrogens (tertiary/aromatic N) is 1. The van der Waals surface area contributed by atoms with Crippen molar-refractivity contribution in [2.24, 2.45) is 0 Å². The second kappa shape index (κ2) is 7.42. The third kappa shape index (κ3) is 4.01. The number of rotatable bonds is 5. The van der Waals surface area contributed by atoms with E-state index in [0.29, 0.717) is 22.0 Å². The van der Waals surface area contributed by atoms with E-state index in [2.05, 4.69) is 5.32 Å². The molecular formula is C16H16Cl2N2O3S. The molecule has 0 aliphatic carbocycles. The number of hydrogen-bond acceptors (Lipinski definition) is 3. The Kier molecular flexibility index (Phi) is 5.74. The monoisotopic (exact) mass is 386 g/mol. The molecule has 0 fully saturated rings. The molecule has 5 nitrogen and oxygen atoms in total. The summed E-state index contributed by atoms with van der Waals surface area (Å²) in [5.41, 5.74) is 1.09. The van der Waals surface area contributed by atoms with Crippen LogP contribution in [-0.4, -0.2) is 27.1 Å². The highest BCUT2D eigenvalue weighted by atomic mass is 35.5. The number of benzene rings is 2. The van der Waals surface area contributed by atoms with Crippen molar-refractivity contribution < 1.29 is 13.2 Å². The van der Waals surface area contributed by atoms with Gasteiger partial charge >= 0.3 is 0 Å². The first kappa shape index (κ1) is 18.6. The van der Waals surface area contributed by atoms with Gasteiger partial charge in [-0.25, -0.2) is 8.42 Å². The SMILES string of the molecule is CCS(=O)(=O)N(C)c1cccc(C(=O)Nc2cccc(Cl)c2Cl)c1. The van der Waals surface area contributed by atoms with Crippen LogP contribution < -0.4 is 9.62 Å². The van der Waals surface area contributed by atoms with Crippen molar-refractivity contribution in [1.82, 2.24) is 0 Å². The molecule has 0 heterocycles. The highest BCUT2D eigenvalue weighted by Gasteiger charge is 2.17. The summed E-state index contributed by atoms with van der Waals surface area (Å²) in [6.07, 6.45) is 0. The van der Waals surface area contributed by atoms with Crippen LogP contribution in [0.1, 0.15) is 17.3 Å². The first-order valence-corrected chi connectivity index (χ1v) is 9.45. The minimum Gasteiger partial charge on any atom is -0.321 e. The summed E-state index contributed by atoms with van der Waals surface area (Å²) in [6, 6.07) is 11.2. The van der Waals surface area contributed by atoms with Gasteiger partial charge in [0.25, 0.3) is 5.91 Å². The fourth-order valence-corrected chi connectivity index (χ4v) is 3.16. The third-order valence-corrected chi connectivity index (χ3v) is 6.05. The number of hydrogen-bond donors (Lipinski definition) is 1. The van der Waals surface area contributed by atoms with Gasteiger partial charge in [-0.1, -0.05) is 35.3 Å². The maximum absolute atomic E-state index is 12.4. The predicted octanol–water partition coefficient (Wildman–Crippen LogP) is 4.03. The topological polar surface area (TPSA) is 66.5 Å². The normalized spacial score (nSPS) is 11.2. The van der Waals surface area contributed by atoms with Gasteiger partial charge in [0.1, 0.15) is 0 Å². The molecule has 2 aromatic carbocycles. The first-order valence-electron chi connectivity index (χ1n) is 7.08. The van der Waals surface area contributed by atoms with E-state index < -0.39 is 15.9 Å². The highest BCUT2D eigenvalue weighted by Crippen LogP contribution is 2.30. The molecule has 0 atom stereocenters. The van der Waals surface area contributed by atoms with E-state index in [1.54, 1.807) is 43.3 Å². The first-order chi connectivity index (χ1) is 11.3. The summed E-state index contributed by atoms with van der Waals surface area (Å²) in [4.78, 5) is 12.4. The van der Waals surface area contributed by atoms with Gasteiger partial charge in [-0.3, -0.25) is 9.10 Å². The van der Waals surface area contributed by atoms with Crippen LogP contribution in [0.5, 0.6) is 0 Å². The number of anilines is 2. The lowest BCUT2D eigenvalue weighted by molar-refractivity contribution is 0.102. The summed E-state index contributed by atoms with van der Waals surface area (Å²) in [5.74, 6) is -0.443. The van der Waals surface area contributed by atoms with Crippen molar-refractivity contribution in [3.8, 4) is 0 Å². The summed E-state index contributed by atoms with van der Waals surface area (Å²) >= 11 is 12.0. The van der Waals surface area contributed by atoms with E-state index in [1.165, 1.54) is 13.1 Å². The molecule has 0 unspecified atom stereocenters. The lowest BCUT2D eigenvalue weighted by Crippen LogP contribution is -2.28. The Hall–Kier alpha value is -1.76. The minimum atomic E-state index is -3.40. The van der Waals surface area contributed by atoms with Gasteiger partial charge in [0.2, 0.25) is 10.0 Å². The standard InChI is InChI=1S/C16H16Cl2N2O3S/c1-3-24(22,23)20(2)12-7-4-6-11(10-12)16(21)19-14-9-5-8-13(17)15(14)18/h4-10H,3H2,1-2H3,(H,19,21). The molecule has 0 radical (unpaired) electrons. The van der Waals surface area contributed by atoms with E-state index in [1.807, 2.05) is 0 Å². The molecule has 0 saturated heterocycles. The van der Waals surface area contributed by atoms with Crippen LogP contribution in [0.4, 0.5) is 11.4 Å².